The highest BCUT2D eigenvalue weighted by molar-refractivity contribution is 5.78. The van der Waals surface area contributed by atoms with Crippen LogP contribution in [-0.2, 0) is 14.3 Å². The SMILES string of the molecule is CCOC(=O)CCCNC(=O)CN(CCCO)C(C)C. The van der Waals surface area contributed by atoms with Crippen molar-refractivity contribution in [3.63, 3.8) is 0 Å². The van der Waals surface area contributed by atoms with Crippen LogP contribution in [-0.4, -0.2) is 60.8 Å². The highest BCUT2D eigenvalue weighted by atomic mass is 16.5. The van der Waals surface area contributed by atoms with Crippen LogP contribution in [0.15, 0.2) is 0 Å². The Morgan fingerprint density at radius 2 is 2.00 bits per heavy atom. The summed E-state index contributed by atoms with van der Waals surface area (Å²) in [7, 11) is 0. The molecule has 0 atom stereocenters. The zero-order valence-electron chi connectivity index (χ0n) is 12.9. The Labute approximate surface area is 121 Å². The van der Waals surface area contributed by atoms with E-state index in [-0.39, 0.29) is 24.5 Å². The zero-order chi connectivity index (χ0) is 15.4. The molecule has 0 aromatic heterocycles. The Morgan fingerprint density at radius 1 is 1.30 bits per heavy atom. The first-order valence-electron chi connectivity index (χ1n) is 7.28. The third-order valence-corrected chi connectivity index (χ3v) is 2.87. The first-order chi connectivity index (χ1) is 9.51. The second kappa shape index (κ2) is 11.7. The zero-order valence-corrected chi connectivity index (χ0v) is 12.9. The van der Waals surface area contributed by atoms with Crippen molar-refractivity contribution in [1.29, 1.82) is 0 Å². The number of ether oxygens (including phenoxy) is 1. The Bertz CT molecular complexity index is 282. The van der Waals surface area contributed by atoms with E-state index in [9.17, 15) is 9.59 Å². The van der Waals surface area contributed by atoms with E-state index in [1.54, 1.807) is 6.92 Å². The minimum Gasteiger partial charge on any atom is -0.466 e. The highest BCUT2D eigenvalue weighted by Gasteiger charge is 2.13. The molecule has 0 aliphatic carbocycles. The number of amides is 1. The Balaban J connectivity index is 3.82. The molecule has 2 N–H and O–H groups in total. The van der Waals surface area contributed by atoms with Gasteiger partial charge in [0.05, 0.1) is 13.2 Å². The summed E-state index contributed by atoms with van der Waals surface area (Å²) in [4.78, 5) is 24.9. The molecule has 0 spiro atoms. The van der Waals surface area contributed by atoms with Crippen LogP contribution in [0.25, 0.3) is 0 Å². The predicted octanol–water partition coefficient (Wildman–Crippen LogP) is 0.539. The monoisotopic (exact) mass is 288 g/mol. The summed E-state index contributed by atoms with van der Waals surface area (Å²) >= 11 is 0. The van der Waals surface area contributed by atoms with E-state index in [1.807, 2.05) is 18.7 Å². The molecule has 6 nitrogen and oxygen atoms in total. The van der Waals surface area contributed by atoms with Crippen LogP contribution in [0, 0.1) is 0 Å². The quantitative estimate of drug-likeness (QED) is 0.428. The number of esters is 1. The van der Waals surface area contributed by atoms with E-state index in [1.165, 1.54) is 0 Å². The molecular formula is C14H28N2O4. The minimum atomic E-state index is -0.228. The molecule has 0 heterocycles. The summed E-state index contributed by atoms with van der Waals surface area (Å²) in [5.74, 6) is -0.283. The van der Waals surface area contributed by atoms with Crippen molar-refractivity contribution < 1.29 is 19.4 Å². The molecule has 118 valence electrons. The molecule has 0 bridgehead atoms. The van der Waals surface area contributed by atoms with Gasteiger partial charge in [0.25, 0.3) is 0 Å². The molecule has 0 unspecified atom stereocenters. The summed E-state index contributed by atoms with van der Waals surface area (Å²) < 4.78 is 4.81. The number of carbonyl (C=O) groups excluding carboxylic acids is 2. The van der Waals surface area contributed by atoms with Gasteiger partial charge in [0.2, 0.25) is 5.91 Å². The normalized spacial score (nSPS) is 10.9. The maximum absolute atomic E-state index is 11.8. The molecule has 0 aromatic rings. The standard InChI is InChI=1S/C14H28N2O4/c1-4-20-14(19)7-5-8-15-13(18)11-16(12(2)3)9-6-10-17/h12,17H,4-11H2,1-3H3,(H,15,18). The summed E-state index contributed by atoms with van der Waals surface area (Å²) in [5.41, 5.74) is 0. The molecular weight excluding hydrogens is 260 g/mol. The Morgan fingerprint density at radius 3 is 2.55 bits per heavy atom. The maximum atomic E-state index is 11.8. The van der Waals surface area contributed by atoms with Crippen LogP contribution in [0.2, 0.25) is 0 Å². The van der Waals surface area contributed by atoms with E-state index >= 15 is 0 Å². The van der Waals surface area contributed by atoms with Gasteiger partial charge in [-0.1, -0.05) is 0 Å². The fraction of sp³-hybridized carbons (Fsp3) is 0.857. The van der Waals surface area contributed by atoms with Crippen molar-refractivity contribution >= 4 is 11.9 Å². The first-order valence-corrected chi connectivity index (χ1v) is 7.28. The average molecular weight is 288 g/mol. The largest absolute Gasteiger partial charge is 0.466 e. The number of aliphatic hydroxyl groups is 1. The van der Waals surface area contributed by atoms with E-state index < -0.39 is 0 Å². The number of hydrogen-bond acceptors (Lipinski definition) is 5. The molecule has 6 heteroatoms. The maximum Gasteiger partial charge on any atom is 0.305 e. The van der Waals surface area contributed by atoms with Crippen molar-refractivity contribution in [2.75, 3.05) is 32.8 Å². The lowest BCUT2D eigenvalue weighted by Crippen LogP contribution is -2.41. The molecule has 0 saturated carbocycles. The van der Waals surface area contributed by atoms with Gasteiger partial charge < -0.3 is 15.2 Å². The molecule has 0 rings (SSSR count). The lowest BCUT2D eigenvalue weighted by atomic mass is 10.2. The van der Waals surface area contributed by atoms with E-state index in [0.29, 0.717) is 45.5 Å². The van der Waals surface area contributed by atoms with Crippen molar-refractivity contribution in [3.05, 3.63) is 0 Å². The van der Waals surface area contributed by atoms with Gasteiger partial charge >= 0.3 is 5.97 Å². The predicted molar refractivity (Wildman–Crippen MR) is 77.3 cm³/mol. The van der Waals surface area contributed by atoms with Crippen LogP contribution in [0.1, 0.15) is 40.0 Å². The van der Waals surface area contributed by atoms with Crippen molar-refractivity contribution in [2.45, 2.75) is 46.1 Å². The first kappa shape index (κ1) is 18.9. The van der Waals surface area contributed by atoms with E-state index in [0.717, 1.165) is 0 Å². The Hall–Kier alpha value is -1.14. The number of aliphatic hydroxyl groups excluding tert-OH is 1. The third kappa shape index (κ3) is 9.75. The van der Waals surface area contributed by atoms with Crippen LogP contribution in [0.5, 0.6) is 0 Å². The van der Waals surface area contributed by atoms with Crippen LogP contribution in [0.4, 0.5) is 0 Å². The van der Waals surface area contributed by atoms with Gasteiger partial charge in [-0.25, -0.2) is 0 Å². The lowest BCUT2D eigenvalue weighted by Gasteiger charge is -2.25. The summed E-state index contributed by atoms with van der Waals surface area (Å²) in [6.07, 6.45) is 1.57. The summed E-state index contributed by atoms with van der Waals surface area (Å²) in [5, 5.41) is 11.6. The van der Waals surface area contributed by atoms with Gasteiger partial charge in [0.15, 0.2) is 0 Å². The van der Waals surface area contributed by atoms with Gasteiger partial charge in [0.1, 0.15) is 0 Å². The molecule has 0 aliphatic rings. The summed E-state index contributed by atoms with van der Waals surface area (Å²) in [6.45, 7) is 7.82. The fourth-order valence-corrected chi connectivity index (χ4v) is 1.73. The molecule has 0 aliphatic heterocycles. The van der Waals surface area contributed by atoms with Gasteiger partial charge in [-0.2, -0.15) is 0 Å². The van der Waals surface area contributed by atoms with Crippen molar-refractivity contribution in [1.82, 2.24) is 10.2 Å². The second-order valence-electron chi connectivity index (χ2n) is 4.90. The smallest absolute Gasteiger partial charge is 0.305 e. The van der Waals surface area contributed by atoms with Crippen LogP contribution < -0.4 is 5.32 Å². The molecule has 0 fully saturated rings. The highest BCUT2D eigenvalue weighted by Crippen LogP contribution is 1.99. The Kier molecular flexibility index (Phi) is 11.0. The summed E-state index contributed by atoms with van der Waals surface area (Å²) in [6, 6.07) is 0.256. The van der Waals surface area contributed by atoms with Gasteiger partial charge in [-0.3, -0.25) is 14.5 Å². The topological polar surface area (TPSA) is 78.9 Å². The van der Waals surface area contributed by atoms with Crippen molar-refractivity contribution in [2.24, 2.45) is 0 Å². The number of carbonyl (C=O) groups is 2. The van der Waals surface area contributed by atoms with Gasteiger partial charge in [0, 0.05) is 32.2 Å². The number of nitrogens with zero attached hydrogens (tertiary/aromatic N) is 1. The van der Waals surface area contributed by atoms with Gasteiger partial charge in [-0.15, -0.1) is 0 Å². The number of nitrogens with one attached hydrogen (secondary N) is 1. The number of hydrogen-bond donors (Lipinski definition) is 2. The molecule has 20 heavy (non-hydrogen) atoms. The van der Waals surface area contributed by atoms with E-state index in [2.05, 4.69) is 5.32 Å². The lowest BCUT2D eigenvalue weighted by molar-refractivity contribution is -0.143. The minimum absolute atomic E-state index is 0.0551. The van der Waals surface area contributed by atoms with Crippen LogP contribution >= 0.6 is 0 Å². The van der Waals surface area contributed by atoms with Crippen LogP contribution in [0.3, 0.4) is 0 Å². The molecule has 0 aromatic carbocycles. The molecule has 0 radical (unpaired) electrons. The van der Waals surface area contributed by atoms with Crippen molar-refractivity contribution in [3.8, 4) is 0 Å². The fourth-order valence-electron chi connectivity index (χ4n) is 1.73. The second-order valence-corrected chi connectivity index (χ2v) is 4.90. The van der Waals surface area contributed by atoms with Gasteiger partial charge in [-0.05, 0) is 33.6 Å². The average Bonchev–Trinajstić information content (AvgIpc) is 2.39. The molecule has 1 amide bonds. The van der Waals surface area contributed by atoms with E-state index in [4.69, 9.17) is 9.84 Å². The molecule has 0 saturated heterocycles. The number of rotatable bonds is 11. The third-order valence-electron chi connectivity index (χ3n) is 2.87.